The maximum atomic E-state index is 12.8. The van der Waals surface area contributed by atoms with Gasteiger partial charge in [-0.1, -0.05) is 18.3 Å². The van der Waals surface area contributed by atoms with Crippen LogP contribution < -0.4 is 10.2 Å². The first-order valence-electron chi connectivity index (χ1n) is 6.51. The first-order chi connectivity index (χ1) is 9.86. The van der Waals surface area contributed by atoms with Gasteiger partial charge in [-0.3, -0.25) is 0 Å². The Balaban J connectivity index is 2.36. The highest BCUT2D eigenvalue weighted by Gasteiger charge is 2.38. The molecule has 1 aromatic heterocycles. The van der Waals surface area contributed by atoms with Crippen molar-refractivity contribution in [3.05, 3.63) is 10.7 Å². The Labute approximate surface area is 124 Å². The van der Waals surface area contributed by atoms with Gasteiger partial charge in [0.25, 0.3) is 0 Å². The van der Waals surface area contributed by atoms with Crippen molar-refractivity contribution in [2.24, 2.45) is 0 Å². The van der Waals surface area contributed by atoms with Gasteiger partial charge in [-0.05, 0) is 6.42 Å². The summed E-state index contributed by atoms with van der Waals surface area (Å²) < 4.78 is 43.0. The lowest BCUT2D eigenvalue weighted by Gasteiger charge is -2.34. The van der Waals surface area contributed by atoms with E-state index in [0.717, 1.165) is 13.5 Å². The summed E-state index contributed by atoms with van der Waals surface area (Å²) in [6.07, 6.45) is -3.71. The quantitative estimate of drug-likeness (QED) is 0.864. The van der Waals surface area contributed by atoms with Crippen LogP contribution in [-0.4, -0.2) is 43.7 Å². The molecule has 9 heteroatoms. The van der Waals surface area contributed by atoms with Gasteiger partial charge in [-0.15, -0.1) is 0 Å². The maximum Gasteiger partial charge on any atom is 0.443 e. The first kappa shape index (κ1) is 16.0. The topological polar surface area (TPSA) is 54.5 Å². The molecule has 0 aliphatic carbocycles. The Morgan fingerprint density at radius 1 is 1.57 bits per heavy atom. The molecular formula is C12H16F3N3O2S. The number of piperazine rings is 1. The van der Waals surface area contributed by atoms with E-state index in [0.29, 0.717) is 31.0 Å². The van der Waals surface area contributed by atoms with Crippen LogP contribution in [0.15, 0.2) is 0 Å². The molecular weight excluding hydrogens is 307 g/mol. The number of hydrogen-bond acceptors (Lipinski definition) is 6. The fourth-order valence-corrected chi connectivity index (χ4v) is 3.12. The molecule has 21 heavy (non-hydrogen) atoms. The molecule has 1 aromatic rings. The second-order valence-electron chi connectivity index (χ2n) is 4.67. The zero-order valence-corrected chi connectivity index (χ0v) is 12.5. The van der Waals surface area contributed by atoms with Gasteiger partial charge in [-0.2, -0.15) is 13.2 Å². The van der Waals surface area contributed by atoms with E-state index in [1.54, 1.807) is 4.90 Å². The molecule has 118 valence electrons. The van der Waals surface area contributed by atoms with Crippen molar-refractivity contribution in [1.29, 1.82) is 0 Å². The van der Waals surface area contributed by atoms with Crippen molar-refractivity contribution in [2.75, 3.05) is 31.6 Å². The Morgan fingerprint density at radius 2 is 2.29 bits per heavy atom. The van der Waals surface area contributed by atoms with Crippen LogP contribution in [0.2, 0.25) is 0 Å². The molecule has 2 rings (SSSR count). The number of hydrogen-bond donors (Lipinski definition) is 1. The smallest absolute Gasteiger partial charge is 0.443 e. The van der Waals surface area contributed by atoms with Gasteiger partial charge in [0, 0.05) is 25.7 Å². The second kappa shape index (κ2) is 6.18. The van der Waals surface area contributed by atoms with Crippen molar-refractivity contribution < 1.29 is 22.7 Å². The summed E-state index contributed by atoms with van der Waals surface area (Å²) in [6, 6.07) is 0.181. The van der Waals surface area contributed by atoms with Crippen molar-refractivity contribution >= 4 is 22.3 Å². The molecule has 0 saturated carbocycles. The number of carbonyl (C=O) groups is 1. The van der Waals surface area contributed by atoms with Crippen LogP contribution in [0.1, 0.15) is 28.8 Å². The third kappa shape index (κ3) is 3.46. The number of carbonyl (C=O) groups excluding carboxylic acids is 1. The average molecular weight is 323 g/mol. The van der Waals surface area contributed by atoms with Crippen molar-refractivity contribution in [1.82, 2.24) is 10.3 Å². The Kier molecular flexibility index (Phi) is 4.72. The van der Waals surface area contributed by atoms with E-state index in [-0.39, 0.29) is 16.7 Å². The minimum Gasteiger partial charge on any atom is -0.464 e. The zero-order valence-electron chi connectivity index (χ0n) is 11.7. The van der Waals surface area contributed by atoms with Crippen LogP contribution >= 0.6 is 11.3 Å². The van der Waals surface area contributed by atoms with Gasteiger partial charge < -0.3 is 15.0 Å². The Morgan fingerprint density at radius 3 is 2.86 bits per heavy atom. The number of anilines is 1. The van der Waals surface area contributed by atoms with E-state index in [1.165, 1.54) is 0 Å². The number of aromatic nitrogens is 1. The lowest BCUT2D eigenvalue weighted by Crippen LogP contribution is -2.50. The number of halogens is 3. The van der Waals surface area contributed by atoms with Crippen LogP contribution in [-0.2, 0) is 10.9 Å². The molecule has 5 nitrogen and oxygen atoms in total. The van der Waals surface area contributed by atoms with E-state index >= 15 is 0 Å². The van der Waals surface area contributed by atoms with E-state index < -0.39 is 17.2 Å². The van der Waals surface area contributed by atoms with Crippen molar-refractivity contribution in [3.8, 4) is 0 Å². The van der Waals surface area contributed by atoms with Crippen LogP contribution in [0.4, 0.5) is 18.2 Å². The standard InChI is InChI=1S/C12H16F3N3O2S/c1-3-7-6-18(5-4-16-7)9-8(10(19)20-2)17-11(21-9)12(13,14)15/h7,16H,3-6H2,1-2H3/t7-/m1/s1. The molecule has 1 atom stereocenters. The molecule has 1 saturated heterocycles. The maximum absolute atomic E-state index is 12.8. The van der Waals surface area contributed by atoms with E-state index in [4.69, 9.17) is 0 Å². The molecule has 0 radical (unpaired) electrons. The van der Waals surface area contributed by atoms with Crippen molar-refractivity contribution in [2.45, 2.75) is 25.6 Å². The lowest BCUT2D eigenvalue weighted by atomic mass is 10.1. The highest BCUT2D eigenvalue weighted by Crippen LogP contribution is 2.39. The number of nitrogens with zero attached hydrogens (tertiary/aromatic N) is 2. The molecule has 0 aromatic carbocycles. The normalized spacial score (nSPS) is 19.7. The summed E-state index contributed by atoms with van der Waals surface area (Å²) in [5, 5.41) is 2.48. The number of esters is 1. The number of ether oxygens (including phenoxy) is 1. The fraction of sp³-hybridized carbons (Fsp3) is 0.667. The van der Waals surface area contributed by atoms with Gasteiger partial charge in [0.2, 0.25) is 5.01 Å². The summed E-state index contributed by atoms with van der Waals surface area (Å²) in [7, 11) is 1.13. The van der Waals surface area contributed by atoms with E-state index in [2.05, 4.69) is 15.0 Å². The molecule has 0 amide bonds. The second-order valence-corrected chi connectivity index (χ2v) is 5.64. The first-order valence-corrected chi connectivity index (χ1v) is 7.33. The molecule has 1 fully saturated rings. The molecule has 0 unspecified atom stereocenters. The summed E-state index contributed by atoms with van der Waals surface area (Å²) in [4.78, 5) is 16.9. The highest BCUT2D eigenvalue weighted by molar-refractivity contribution is 7.16. The molecule has 1 aliphatic rings. The Bertz CT molecular complexity index is 518. The number of nitrogens with one attached hydrogen (secondary N) is 1. The van der Waals surface area contributed by atoms with Gasteiger partial charge in [0.15, 0.2) is 5.69 Å². The lowest BCUT2D eigenvalue weighted by molar-refractivity contribution is -0.137. The predicted octanol–water partition coefficient (Wildman–Crippen LogP) is 2.14. The van der Waals surface area contributed by atoms with Crippen LogP contribution in [0.3, 0.4) is 0 Å². The summed E-state index contributed by atoms with van der Waals surface area (Å²) in [5.41, 5.74) is -0.258. The van der Waals surface area contributed by atoms with E-state index in [9.17, 15) is 18.0 Å². The van der Waals surface area contributed by atoms with Gasteiger partial charge in [0.05, 0.1) is 7.11 Å². The monoisotopic (exact) mass is 323 g/mol. The number of alkyl halides is 3. The number of thiazole rings is 1. The minimum atomic E-state index is -4.57. The molecule has 1 aliphatic heterocycles. The number of rotatable bonds is 3. The van der Waals surface area contributed by atoms with Crippen LogP contribution in [0.25, 0.3) is 0 Å². The van der Waals surface area contributed by atoms with Gasteiger partial charge in [0.1, 0.15) is 5.00 Å². The zero-order chi connectivity index (χ0) is 15.6. The Hall–Kier alpha value is -1.35. The third-order valence-electron chi connectivity index (χ3n) is 3.27. The SMILES string of the molecule is CC[C@@H]1CN(c2sc(C(F)(F)F)nc2C(=O)OC)CCN1. The molecule has 2 heterocycles. The number of methoxy groups -OCH3 is 1. The minimum absolute atomic E-state index is 0.181. The third-order valence-corrected chi connectivity index (χ3v) is 4.43. The predicted molar refractivity (Wildman–Crippen MR) is 72.8 cm³/mol. The highest BCUT2D eigenvalue weighted by atomic mass is 32.1. The van der Waals surface area contributed by atoms with Crippen LogP contribution in [0.5, 0.6) is 0 Å². The molecule has 0 bridgehead atoms. The largest absolute Gasteiger partial charge is 0.464 e. The summed E-state index contributed by atoms with van der Waals surface area (Å²) in [6.45, 7) is 3.72. The van der Waals surface area contributed by atoms with Gasteiger partial charge >= 0.3 is 12.1 Å². The summed E-state index contributed by atoms with van der Waals surface area (Å²) in [5.74, 6) is -0.844. The summed E-state index contributed by atoms with van der Waals surface area (Å²) >= 11 is 0.490. The average Bonchev–Trinajstić information content (AvgIpc) is 2.91. The van der Waals surface area contributed by atoms with E-state index in [1.807, 2.05) is 6.92 Å². The van der Waals surface area contributed by atoms with Crippen LogP contribution in [0, 0.1) is 0 Å². The molecule has 1 N–H and O–H groups in total. The molecule has 0 spiro atoms. The fourth-order valence-electron chi connectivity index (χ4n) is 2.16. The van der Waals surface area contributed by atoms with Gasteiger partial charge in [-0.25, -0.2) is 9.78 Å². The van der Waals surface area contributed by atoms with Crippen molar-refractivity contribution in [3.63, 3.8) is 0 Å².